The van der Waals surface area contributed by atoms with Gasteiger partial charge >= 0.3 is 6.09 Å². The number of pyridine rings is 1. The molecule has 1 atom stereocenters. The van der Waals surface area contributed by atoms with E-state index in [0.29, 0.717) is 37.4 Å². The summed E-state index contributed by atoms with van der Waals surface area (Å²) in [5.41, 5.74) is 4.58. The molecule has 0 aliphatic carbocycles. The fourth-order valence-corrected chi connectivity index (χ4v) is 4.36. The van der Waals surface area contributed by atoms with Crippen LogP contribution in [0.15, 0.2) is 67.0 Å². The maximum Gasteiger partial charge on any atom is 0.407 e. The third-order valence-electron chi connectivity index (χ3n) is 6.61. The molecule has 1 aromatic heterocycles. The van der Waals surface area contributed by atoms with Gasteiger partial charge in [0.1, 0.15) is 11.9 Å². The molecule has 1 aliphatic heterocycles. The topological polar surface area (TPSA) is 86.2 Å². The molecule has 1 aliphatic rings. The molecule has 8 nitrogen and oxygen atoms in total. The molecule has 0 fully saturated rings. The number of benzene rings is 2. The van der Waals surface area contributed by atoms with Gasteiger partial charge in [0.15, 0.2) is 0 Å². The summed E-state index contributed by atoms with van der Waals surface area (Å²) in [6.07, 6.45) is 2.63. The summed E-state index contributed by atoms with van der Waals surface area (Å²) in [6, 6.07) is 17.6. The van der Waals surface area contributed by atoms with Crippen LogP contribution in [0.3, 0.4) is 0 Å². The maximum absolute atomic E-state index is 13.2. The van der Waals surface area contributed by atoms with Crippen molar-refractivity contribution in [2.45, 2.75) is 26.0 Å². The van der Waals surface area contributed by atoms with Crippen LogP contribution in [0.2, 0.25) is 0 Å². The number of ether oxygens (including phenoxy) is 1. The van der Waals surface area contributed by atoms with Crippen LogP contribution >= 0.6 is 0 Å². The highest BCUT2D eigenvalue weighted by Gasteiger charge is 2.25. The minimum Gasteiger partial charge on any atom is -0.486 e. The summed E-state index contributed by atoms with van der Waals surface area (Å²) in [6.45, 7) is 4.23. The molecule has 2 amide bonds. The maximum atomic E-state index is 13.2. The van der Waals surface area contributed by atoms with Crippen molar-refractivity contribution in [1.29, 1.82) is 0 Å². The van der Waals surface area contributed by atoms with Crippen molar-refractivity contribution < 1.29 is 19.4 Å². The second-order valence-corrected chi connectivity index (χ2v) is 9.14. The average molecular weight is 489 g/mol. The molecular formula is C28H32N4O4. The van der Waals surface area contributed by atoms with Gasteiger partial charge in [0.25, 0.3) is 5.91 Å². The molecule has 2 aromatic carbocycles. The lowest BCUT2D eigenvalue weighted by molar-refractivity contribution is 0.0754. The highest BCUT2D eigenvalue weighted by atomic mass is 16.5. The molecule has 0 saturated heterocycles. The Balaban J connectivity index is 1.49. The van der Waals surface area contributed by atoms with Crippen LogP contribution in [-0.4, -0.2) is 65.6 Å². The van der Waals surface area contributed by atoms with Crippen LogP contribution in [0.1, 0.15) is 39.6 Å². The zero-order valence-corrected chi connectivity index (χ0v) is 20.9. The van der Waals surface area contributed by atoms with Gasteiger partial charge < -0.3 is 24.5 Å². The highest BCUT2D eigenvalue weighted by Crippen LogP contribution is 2.28. The van der Waals surface area contributed by atoms with Crippen molar-refractivity contribution in [3.8, 4) is 5.75 Å². The van der Waals surface area contributed by atoms with Crippen molar-refractivity contribution >= 4 is 17.7 Å². The van der Waals surface area contributed by atoms with Crippen molar-refractivity contribution in [3.05, 3.63) is 89.2 Å². The van der Waals surface area contributed by atoms with Crippen LogP contribution in [0.4, 0.5) is 10.5 Å². The van der Waals surface area contributed by atoms with Gasteiger partial charge in [0, 0.05) is 59.1 Å². The number of hydrogen-bond donors (Lipinski definition) is 1. The quantitative estimate of drug-likeness (QED) is 0.499. The van der Waals surface area contributed by atoms with E-state index in [-0.39, 0.29) is 12.0 Å². The molecule has 3 aromatic rings. The van der Waals surface area contributed by atoms with E-state index in [9.17, 15) is 14.7 Å². The number of rotatable bonds is 8. The van der Waals surface area contributed by atoms with E-state index in [1.807, 2.05) is 73.5 Å². The molecule has 2 heterocycles. The number of hydrogen-bond acceptors (Lipinski definition) is 5. The molecule has 1 N–H and O–H groups in total. The Hall–Kier alpha value is -4.07. The van der Waals surface area contributed by atoms with E-state index >= 15 is 0 Å². The van der Waals surface area contributed by atoms with E-state index in [1.165, 1.54) is 4.90 Å². The predicted molar refractivity (Wildman–Crippen MR) is 139 cm³/mol. The number of nitrogens with zero attached hydrogens (tertiary/aromatic N) is 4. The van der Waals surface area contributed by atoms with Crippen LogP contribution < -0.4 is 9.64 Å². The SMILES string of the molecule is Cc1cc(O[C@@H](CCN(C)C(=O)O)c2ccccc2)ccc1CN1CCN(C)c2ccncc2C1=O. The zero-order chi connectivity index (χ0) is 25.7. The Morgan fingerprint density at radius 1 is 1.17 bits per heavy atom. The van der Waals surface area contributed by atoms with Gasteiger partial charge in [-0.1, -0.05) is 36.4 Å². The monoisotopic (exact) mass is 488 g/mol. The number of anilines is 1. The molecule has 0 unspecified atom stereocenters. The van der Waals surface area contributed by atoms with E-state index < -0.39 is 6.09 Å². The zero-order valence-electron chi connectivity index (χ0n) is 20.9. The van der Waals surface area contributed by atoms with Gasteiger partial charge in [-0.3, -0.25) is 9.78 Å². The fourth-order valence-electron chi connectivity index (χ4n) is 4.36. The smallest absolute Gasteiger partial charge is 0.407 e. The molecule has 36 heavy (non-hydrogen) atoms. The van der Waals surface area contributed by atoms with E-state index in [2.05, 4.69) is 9.88 Å². The van der Waals surface area contributed by atoms with Crippen molar-refractivity contribution in [2.24, 2.45) is 0 Å². The molecule has 188 valence electrons. The van der Waals surface area contributed by atoms with Crippen LogP contribution in [0.5, 0.6) is 5.75 Å². The Labute approximate surface area is 211 Å². The van der Waals surface area contributed by atoms with Gasteiger partial charge in [-0.25, -0.2) is 4.79 Å². The van der Waals surface area contributed by atoms with E-state index in [1.54, 1.807) is 19.4 Å². The summed E-state index contributed by atoms with van der Waals surface area (Å²) in [5.74, 6) is 0.688. The Morgan fingerprint density at radius 2 is 1.94 bits per heavy atom. The number of amides is 2. The molecular weight excluding hydrogens is 456 g/mol. The molecule has 0 radical (unpaired) electrons. The number of carboxylic acid groups (broad SMARTS) is 1. The number of likely N-dealkylation sites (N-methyl/N-ethyl adjacent to an activating group) is 1. The lowest BCUT2D eigenvalue weighted by atomic mass is 10.1. The minimum absolute atomic E-state index is 0.0196. The van der Waals surface area contributed by atoms with E-state index in [4.69, 9.17) is 4.74 Å². The third kappa shape index (κ3) is 5.76. The molecule has 4 rings (SSSR count). The van der Waals surface area contributed by atoms with Gasteiger partial charge in [-0.05, 0) is 41.8 Å². The normalized spacial score (nSPS) is 14.1. The summed E-state index contributed by atoms with van der Waals surface area (Å²) in [7, 11) is 3.55. The highest BCUT2D eigenvalue weighted by molar-refractivity contribution is 6.00. The van der Waals surface area contributed by atoms with Crippen LogP contribution in [0, 0.1) is 6.92 Å². The first-order valence-corrected chi connectivity index (χ1v) is 12.0. The summed E-state index contributed by atoms with van der Waals surface area (Å²) >= 11 is 0. The van der Waals surface area contributed by atoms with Crippen molar-refractivity contribution in [3.63, 3.8) is 0 Å². The van der Waals surface area contributed by atoms with Gasteiger partial charge in [-0.2, -0.15) is 0 Å². The van der Waals surface area contributed by atoms with Gasteiger partial charge in [-0.15, -0.1) is 0 Å². The van der Waals surface area contributed by atoms with Crippen LogP contribution in [0.25, 0.3) is 0 Å². The Kier molecular flexibility index (Phi) is 7.73. The Morgan fingerprint density at radius 3 is 2.67 bits per heavy atom. The number of carbonyl (C=O) groups is 2. The molecule has 0 spiro atoms. The fraction of sp³-hybridized carbons (Fsp3) is 0.321. The molecule has 0 bridgehead atoms. The average Bonchev–Trinajstić information content (AvgIpc) is 3.00. The lowest BCUT2D eigenvalue weighted by Crippen LogP contribution is -2.33. The van der Waals surface area contributed by atoms with E-state index in [0.717, 1.165) is 28.9 Å². The second kappa shape index (κ2) is 11.1. The van der Waals surface area contributed by atoms with Gasteiger partial charge in [0.05, 0.1) is 11.3 Å². The standard InChI is InChI=1S/C28H32N4O4/c1-20-17-23(36-26(12-14-31(3)28(34)35)21-7-5-4-6-8-21)10-9-22(20)19-32-16-15-30(2)25-11-13-29-18-24(25)27(32)33/h4-11,13,17-18,26H,12,14-16,19H2,1-3H3,(H,34,35)/t26-/m0/s1. The van der Waals surface area contributed by atoms with Crippen LogP contribution in [-0.2, 0) is 6.54 Å². The van der Waals surface area contributed by atoms with Crippen molar-refractivity contribution in [2.75, 3.05) is 38.6 Å². The summed E-state index contributed by atoms with van der Waals surface area (Å²) < 4.78 is 6.34. The first-order chi connectivity index (χ1) is 17.3. The number of fused-ring (bicyclic) bond motifs is 1. The first-order valence-electron chi connectivity index (χ1n) is 12.0. The second-order valence-electron chi connectivity index (χ2n) is 9.14. The summed E-state index contributed by atoms with van der Waals surface area (Å²) in [4.78, 5) is 33.8. The molecule has 0 saturated carbocycles. The largest absolute Gasteiger partial charge is 0.486 e. The number of aromatic nitrogens is 1. The number of carbonyl (C=O) groups excluding carboxylic acids is 1. The third-order valence-corrected chi connectivity index (χ3v) is 6.61. The Bertz CT molecular complexity index is 1220. The predicted octanol–water partition coefficient (Wildman–Crippen LogP) is 4.60. The number of aryl methyl sites for hydroxylation is 1. The molecule has 8 heteroatoms. The van der Waals surface area contributed by atoms with Gasteiger partial charge in [0.2, 0.25) is 0 Å². The lowest BCUT2D eigenvalue weighted by Gasteiger charge is -2.24. The van der Waals surface area contributed by atoms with Crippen molar-refractivity contribution in [1.82, 2.24) is 14.8 Å². The minimum atomic E-state index is -0.963. The first kappa shape index (κ1) is 25.0. The summed E-state index contributed by atoms with van der Waals surface area (Å²) in [5, 5.41) is 9.21.